The number of carbonyl (C=O) groups excluding carboxylic acids is 1. The first-order valence-corrected chi connectivity index (χ1v) is 9.85. The lowest BCUT2D eigenvalue weighted by atomic mass is 9.86. The molecule has 2 aromatic rings. The minimum absolute atomic E-state index is 0.0527. The highest BCUT2D eigenvalue weighted by molar-refractivity contribution is 7.92. The second-order valence-corrected chi connectivity index (χ2v) is 8.43. The van der Waals surface area contributed by atoms with Crippen LogP contribution in [-0.2, 0) is 14.6 Å². The van der Waals surface area contributed by atoms with Crippen molar-refractivity contribution in [3.8, 4) is 0 Å². The Kier molecular flexibility index (Phi) is 5.78. The van der Waals surface area contributed by atoms with Crippen LogP contribution in [0.5, 0.6) is 0 Å². The maximum atomic E-state index is 12.3. The molecular weight excluding hydrogens is 322 g/mol. The highest BCUT2D eigenvalue weighted by Gasteiger charge is 2.28. The minimum Gasteiger partial charge on any atom is -0.352 e. The average molecular weight is 345 g/mol. The summed E-state index contributed by atoms with van der Waals surface area (Å²) in [5.41, 5.74) is 2.15. The summed E-state index contributed by atoms with van der Waals surface area (Å²) >= 11 is 0. The number of nitrogens with one attached hydrogen (secondary N) is 1. The van der Waals surface area contributed by atoms with Crippen molar-refractivity contribution in [3.63, 3.8) is 0 Å². The average Bonchev–Trinajstić information content (AvgIpc) is 2.55. The van der Waals surface area contributed by atoms with Crippen LogP contribution >= 0.6 is 0 Å². The highest BCUT2D eigenvalue weighted by atomic mass is 32.2. The van der Waals surface area contributed by atoms with E-state index in [1.54, 1.807) is 0 Å². The molecular formula is C19H23NO3S. The molecule has 128 valence electrons. The molecule has 0 aliphatic heterocycles. The van der Waals surface area contributed by atoms with Crippen LogP contribution in [0, 0.1) is 0 Å². The number of rotatable bonds is 6. The molecule has 5 heteroatoms. The number of hydrogen-bond acceptors (Lipinski definition) is 3. The molecule has 0 aliphatic rings. The predicted octanol–water partition coefficient (Wildman–Crippen LogP) is 2.76. The van der Waals surface area contributed by atoms with Crippen LogP contribution in [0.25, 0.3) is 0 Å². The Morgan fingerprint density at radius 2 is 1.29 bits per heavy atom. The van der Waals surface area contributed by atoms with Crippen LogP contribution in [-0.4, -0.2) is 31.9 Å². The van der Waals surface area contributed by atoms with Crippen molar-refractivity contribution in [2.75, 3.05) is 6.26 Å². The number of benzene rings is 2. The van der Waals surface area contributed by atoms with Gasteiger partial charge in [0.15, 0.2) is 9.84 Å². The molecule has 0 unspecified atom stereocenters. The van der Waals surface area contributed by atoms with E-state index in [2.05, 4.69) is 5.32 Å². The summed E-state index contributed by atoms with van der Waals surface area (Å²) < 4.78 is 23.2. The van der Waals surface area contributed by atoms with E-state index in [0.717, 1.165) is 17.4 Å². The quantitative estimate of drug-likeness (QED) is 0.875. The second-order valence-electron chi connectivity index (χ2n) is 6.07. The molecule has 0 radical (unpaired) electrons. The van der Waals surface area contributed by atoms with E-state index >= 15 is 0 Å². The van der Waals surface area contributed by atoms with Crippen molar-refractivity contribution >= 4 is 15.7 Å². The van der Waals surface area contributed by atoms with Gasteiger partial charge in [0.05, 0.1) is 0 Å². The summed E-state index contributed by atoms with van der Waals surface area (Å²) in [6.07, 6.45) is 1.08. The van der Waals surface area contributed by atoms with E-state index in [1.807, 2.05) is 67.6 Å². The van der Waals surface area contributed by atoms with Gasteiger partial charge in [0.2, 0.25) is 5.91 Å². The maximum absolute atomic E-state index is 12.3. The van der Waals surface area contributed by atoms with Gasteiger partial charge in [-0.25, -0.2) is 8.42 Å². The van der Waals surface area contributed by atoms with Gasteiger partial charge in [0, 0.05) is 18.2 Å². The smallest absolute Gasteiger partial charge is 0.238 e. The first-order chi connectivity index (χ1) is 11.3. The Balaban J connectivity index is 2.30. The van der Waals surface area contributed by atoms with Gasteiger partial charge >= 0.3 is 0 Å². The van der Waals surface area contributed by atoms with Crippen LogP contribution in [0.15, 0.2) is 60.7 Å². The molecule has 1 N–H and O–H groups in total. The van der Waals surface area contributed by atoms with Crippen molar-refractivity contribution in [3.05, 3.63) is 71.8 Å². The third-order valence-electron chi connectivity index (χ3n) is 4.20. The summed E-state index contributed by atoms with van der Waals surface area (Å²) in [5.74, 6) is -0.523. The molecule has 0 bridgehead atoms. The predicted molar refractivity (Wildman–Crippen MR) is 96.6 cm³/mol. The van der Waals surface area contributed by atoms with E-state index in [-0.39, 0.29) is 12.0 Å². The van der Waals surface area contributed by atoms with Crippen molar-refractivity contribution in [2.24, 2.45) is 0 Å². The number of carbonyl (C=O) groups is 1. The third kappa shape index (κ3) is 4.45. The van der Waals surface area contributed by atoms with Crippen LogP contribution in [0.1, 0.15) is 30.9 Å². The molecule has 0 fully saturated rings. The van der Waals surface area contributed by atoms with E-state index in [9.17, 15) is 13.2 Å². The molecule has 0 saturated carbocycles. The Morgan fingerprint density at radius 3 is 1.67 bits per heavy atom. The lowest BCUT2D eigenvalue weighted by Crippen LogP contribution is -2.44. The second kappa shape index (κ2) is 7.62. The first-order valence-electron chi connectivity index (χ1n) is 7.90. The normalized spacial score (nSPS) is 14.2. The molecule has 1 amide bonds. The Hall–Kier alpha value is -2.14. The van der Waals surface area contributed by atoms with Gasteiger partial charge in [-0.3, -0.25) is 4.79 Å². The van der Waals surface area contributed by atoms with Gasteiger partial charge < -0.3 is 5.32 Å². The number of hydrogen-bond donors (Lipinski definition) is 1. The van der Waals surface area contributed by atoms with Crippen molar-refractivity contribution < 1.29 is 13.2 Å². The fourth-order valence-corrected chi connectivity index (χ4v) is 3.17. The topological polar surface area (TPSA) is 63.2 Å². The van der Waals surface area contributed by atoms with Gasteiger partial charge in [-0.05, 0) is 25.0 Å². The van der Waals surface area contributed by atoms with Crippen LogP contribution in [0.3, 0.4) is 0 Å². The van der Waals surface area contributed by atoms with Gasteiger partial charge in [-0.15, -0.1) is 0 Å². The zero-order valence-corrected chi connectivity index (χ0v) is 15.0. The molecule has 0 heterocycles. The van der Waals surface area contributed by atoms with Crippen LogP contribution in [0.2, 0.25) is 0 Å². The van der Waals surface area contributed by atoms with Gasteiger partial charge in [0.25, 0.3) is 0 Å². The third-order valence-corrected chi connectivity index (χ3v) is 5.70. The summed E-state index contributed by atoms with van der Waals surface area (Å²) in [7, 11) is -3.41. The molecule has 0 aromatic heterocycles. The Labute approximate surface area is 143 Å². The lowest BCUT2D eigenvalue weighted by molar-refractivity contribution is -0.121. The maximum Gasteiger partial charge on any atom is 0.238 e. The van der Waals surface area contributed by atoms with Crippen molar-refractivity contribution in [1.82, 2.24) is 5.32 Å². The largest absolute Gasteiger partial charge is 0.352 e. The monoisotopic (exact) mass is 345 g/mol. The first kappa shape index (κ1) is 18.2. The van der Waals surface area contributed by atoms with Gasteiger partial charge in [-0.2, -0.15) is 0 Å². The summed E-state index contributed by atoms with van der Waals surface area (Å²) in [6, 6.07) is 19.5. The zero-order chi connectivity index (χ0) is 17.7. The van der Waals surface area contributed by atoms with E-state index in [1.165, 1.54) is 6.92 Å². The summed E-state index contributed by atoms with van der Waals surface area (Å²) in [4.78, 5) is 12.3. The van der Waals surface area contributed by atoms with E-state index in [0.29, 0.717) is 0 Å². The zero-order valence-electron chi connectivity index (χ0n) is 14.1. The Bertz CT molecular complexity index is 733. The van der Waals surface area contributed by atoms with Crippen LogP contribution in [0.4, 0.5) is 0 Å². The van der Waals surface area contributed by atoms with E-state index in [4.69, 9.17) is 0 Å². The molecule has 4 nitrogen and oxygen atoms in total. The SMILES string of the molecule is C[C@H](C(=O)N[C@H](C)C(c1ccccc1)c1ccccc1)S(C)(=O)=O. The molecule has 0 saturated heterocycles. The molecule has 0 spiro atoms. The molecule has 0 aliphatic carbocycles. The van der Waals surface area contributed by atoms with Crippen LogP contribution < -0.4 is 5.32 Å². The van der Waals surface area contributed by atoms with Gasteiger partial charge in [0.1, 0.15) is 5.25 Å². The van der Waals surface area contributed by atoms with Gasteiger partial charge in [-0.1, -0.05) is 60.7 Å². The fourth-order valence-electron chi connectivity index (χ4n) is 2.71. The van der Waals surface area contributed by atoms with Crippen molar-refractivity contribution in [2.45, 2.75) is 31.1 Å². The minimum atomic E-state index is -3.41. The molecule has 2 atom stereocenters. The summed E-state index contributed by atoms with van der Waals surface area (Å²) in [6.45, 7) is 3.31. The summed E-state index contributed by atoms with van der Waals surface area (Å²) in [5, 5.41) is 1.80. The highest BCUT2D eigenvalue weighted by Crippen LogP contribution is 2.28. The molecule has 2 aromatic carbocycles. The molecule has 2 rings (SSSR count). The fraction of sp³-hybridized carbons (Fsp3) is 0.316. The van der Waals surface area contributed by atoms with E-state index < -0.39 is 21.0 Å². The number of amides is 1. The van der Waals surface area contributed by atoms with Crippen molar-refractivity contribution in [1.29, 1.82) is 0 Å². The molecule has 24 heavy (non-hydrogen) atoms. The Morgan fingerprint density at radius 1 is 0.875 bits per heavy atom. The lowest BCUT2D eigenvalue weighted by Gasteiger charge is -2.27. The standard InChI is InChI=1S/C19H23NO3S/c1-14(20-19(21)15(2)24(3,22)23)18(16-10-6-4-7-11-16)17-12-8-5-9-13-17/h4-15,18H,1-3H3,(H,20,21)/t14-,15-/m1/s1. The number of sulfone groups is 1.